The second kappa shape index (κ2) is 5.03. The summed E-state index contributed by atoms with van der Waals surface area (Å²) in [6, 6.07) is 9.56. The Morgan fingerprint density at radius 3 is 3.05 bits per heavy atom. The van der Waals surface area contributed by atoms with Crippen molar-refractivity contribution < 1.29 is 9.26 Å². The Kier molecular flexibility index (Phi) is 3.07. The van der Waals surface area contributed by atoms with Crippen LogP contribution in [-0.2, 0) is 13.2 Å². The zero-order chi connectivity index (χ0) is 13.1. The molecule has 0 aliphatic carbocycles. The Labute approximate surface area is 109 Å². The van der Waals surface area contributed by atoms with Crippen molar-refractivity contribution in [2.45, 2.75) is 13.2 Å². The Hall–Kier alpha value is -2.47. The van der Waals surface area contributed by atoms with Crippen LogP contribution in [0.15, 0.2) is 41.1 Å². The van der Waals surface area contributed by atoms with Gasteiger partial charge in [-0.3, -0.25) is 4.98 Å². The molecular formula is C13H12N4O2. The fourth-order valence-corrected chi connectivity index (χ4v) is 1.72. The predicted molar refractivity (Wildman–Crippen MR) is 68.3 cm³/mol. The lowest BCUT2D eigenvalue weighted by Gasteiger charge is -2.04. The van der Waals surface area contributed by atoms with E-state index >= 15 is 0 Å². The summed E-state index contributed by atoms with van der Waals surface area (Å²) < 4.78 is 10.5. The molecule has 0 bridgehead atoms. The Morgan fingerprint density at radius 2 is 2.21 bits per heavy atom. The smallest absolute Gasteiger partial charge is 0.240 e. The quantitative estimate of drug-likeness (QED) is 0.763. The van der Waals surface area contributed by atoms with Crippen LogP contribution in [0.1, 0.15) is 11.7 Å². The zero-order valence-corrected chi connectivity index (χ0v) is 10.1. The SMILES string of the molecule is NCc1nc(COc2ccc3ncccc3c2)no1. The summed E-state index contributed by atoms with van der Waals surface area (Å²) in [6.07, 6.45) is 1.76. The van der Waals surface area contributed by atoms with Gasteiger partial charge in [-0.2, -0.15) is 4.98 Å². The second-order valence-corrected chi connectivity index (χ2v) is 3.96. The molecule has 2 N–H and O–H groups in total. The van der Waals surface area contributed by atoms with Crippen molar-refractivity contribution in [3.63, 3.8) is 0 Å². The lowest BCUT2D eigenvalue weighted by molar-refractivity contribution is 0.285. The molecule has 19 heavy (non-hydrogen) atoms. The number of pyridine rings is 1. The molecule has 0 unspecified atom stereocenters. The number of nitrogens with two attached hydrogens (primary N) is 1. The van der Waals surface area contributed by atoms with Gasteiger partial charge in [0, 0.05) is 11.6 Å². The second-order valence-electron chi connectivity index (χ2n) is 3.96. The summed E-state index contributed by atoms with van der Waals surface area (Å²) in [5, 5.41) is 4.78. The molecule has 2 aromatic heterocycles. The van der Waals surface area contributed by atoms with Crippen molar-refractivity contribution in [2.24, 2.45) is 5.73 Å². The molecule has 3 rings (SSSR count). The third kappa shape index (κ3) is 2.53. The summed E-state index contributed by atoms with van der Waals surface area (Å²) in [5.74, 6) is 1.62. The molecule has 6 nitrogen and oxygen atoms in total. The number of aromatic nitrogens is 3. The number of hydrogen-bond donors (Lipinski definition) is 1. The monoisotopic (exact) mass is 256 g/mol. The normalized spacial score (nSPS) is 10.8. The van der Waals surface area contributed by atoms with Crippen molar-refractivity contribution in [3.8, 4) is 5.75 Å². The number of rotatable bonds is 4. The van der Waals surface area contributed by atoms with Gasteiger partial charge in [0.05, 0.1) is 12.1 Å². The van der Waals surface area contributed by atoms with Gasteiger partial charge in [0.1, 0.15) is 5.75 Å². The molecule has 0 radical (unpaired) electrons. The van der Waals surface area contributed by atoms with Gasteiger partial charge < -0.3 is 15.0 Å². The molecule has 1 aromatic carbocycles. The van der Waals surface area contributed by atoms with E-state index < -0.39 is 0 Å². The highest BCUT2D eigenvalue weighted by molar-refractivity contribution is 5.79. The summed E-state index contributed by atoms with van der Waals surface area (Å²) in [4.78, 5) is 8.31. The Morgan fingerprint density at radius 1 is 1.26 bits per heavy atom. The third-order valence-corrected chi connectivity index (χ3v) is 2.63. The molecule has 0 saturated heterocycles. The number of hydrogen-bond acceptors (Lipinski definition) is 6. The van der Waals surface area contributed by atoms with Gasteiger partial charge in [-0.15, -0.1) is 0 Å². The maximum Gasteiger partial charge on any atom is 0.240 e. The van der Waals surface area contributed by atoms with E-state index in [4.69, 9.17) is 15.0 Å². The van der Waals surface area contributed by atoms with Gasteiger partial charge in [-0.05, 0) is 24.3 Å². The molecule has 0 spiro atoms. The van der Waals surface area contributed by atoms with Crippen molar-refractivity contribution >= 4 is 10.9 Å². The summed E-state index contributed by atoms with van der Waals surface area (Å²) in [5.41, 5.74) is 6.32. The molecule has 0 amide bonds. The molecular weight excluding hydrogens is 244 g/mol. The standard InChI is InChI=1S/C13H12N4O2/c14-7-13-16-12(17-19-13)8-18-10-3-4-11-9(6-10)2-1-5-15-11/h1-6H,7-8,14H2. The molecule has 96 valence electrons. The van der Waals surface area contributed by atoms with E-state index in [0.29, 0.717) is 11.7 Å². The maximum absolute atomic E-state index is 5.60. The molecule has 2 heterocycles. The summed E-state index contributed by atoms with van der Waals surface area (Å²) in [6.45, 7) is 0.476. The first-order chi connectivity index (χ1) is 9.35. The van der Waals surface area contributed by atoms with Crippen LogP contribution < -0.4 is 10.5 Å². The van der Waals surface area contributed by atoms with E-state index in [2.05, 4.69) is 15.1 Å². The van der Waals surface area contributed by atoms with Crippen LogP contribution in [0.3, 0.4) is 0 Å². The molecule has 0 saturated carbocycles. The van der Waals surface area contributed by atoms with Gasteiger partial charge in [0.2, 0.25) is 11.7 Å². The first kappa shape index (κ1) is 11.6. The molecule has 3 aromatic rings. The van der Waals surface area contributed by atoms with Crippen molar-refractivity contribution in [2.75, 3.05) is 0 Å². The Balaban J connectivity index is 1.74. The van der Waals surface area contributed by atoms with Crippen LogP contribution in [0, 0.1) is 0 Å². The molecule has 0 aliphatic rings. The van der Waals surface area contributed by atoms with Crippen LogP contribution in [0.25, 0.3) is 10.9 Å². The van der Waals surface area contributed by atoms with E-state index in [1.807, 2.05) is 30.3 Å². The summed E-state index contributed by atoms with van der Waals surface area (Å²) in [7, 11) is 0. The van der Waals surface area contributed by atoms with E-state index in [9.17, 15) is 0 Å². The lowest BCUT2D eigenvalue weighted by Crippen LogP contribution is -1.99. The lowest BCUT2D eigenvalue weighted by atomic mass is 10.2. The minimum atomic E-state index is 0.231. The maximum atomic E-state index is 5.60. The fourth-order valence-electron chi connectivity index (χ4n) is 1.72. The minimum Gasteiger partial charge on any atom is -0.485 e. The number of fused-ring (bicyclic) bond motifs is 1. The number of nitrogens with zero attached hydrogens (tertiary/aromatic N) is 3. The average molecular weight is 256 g/mol. The van der Waals surface area contributed by atoms with Crippen molar-refractivity contribution in [1.82, 2.24) is 15.1 Å². The van der Waals surface area contributed by atoms with Crippen LogP contribution in [-0.4, -0.2) is 15.1 Å². The Bertz CT molecular complexity index is 696. The van der Waals surface area contributed by atoms with Gasteiger partial charge in [0.25, 0.3) is 0 Å². The van der Waals surface area contributed by atoms with Crippen molar-refractivity contribution in [3.05, 3.63) is 48.2 Å². The van der Waals surface area contributed by atoms with Gasteiger partial charge in [-0.25, -0.2) is 0 Å². The number of ether oxygens (including phenoxy) is 1. The first-order valence-electron chi connectivity index (χ1n) is 5.84. The molecule has 0 fully saturated rings. The van der Waals surface area contributed by atoms with Gasteiger partial charge >= 0.3 is 0 Å². The molecule has 0 aliphatic heterocycles. The summed E-state index contributed by atoms with van der Waals surface area (Å²) >= 11 is 0. The minimum absolute atomic E-state index is 0.231. The highest BCUT2D eigenvalue weighted by Gasteiger charge is 2.05. The van der Waals surface area contributed by atoms with E-state index in [0.717, 1.165) is 16.7 Å². The topological polar surface area (TPSA) is 87.1 Å². The van der Waals surface area contributed by atoms with Crippen molar-refractivity contribution in [1.29, 1.82) is 0 Å². The highest BCUT2D eigenvalue weighted by Crippen LogP contribution is 2.19. The van der Waals surface area contributed by atoms with Gasteiger partial charge in [0.15, 0.2) is 6.61 Å². The van der Waals surface area contributed by atoms with Gasteiger partial charge in [-0.1, -0.05) is 11.2 Å². The average Bonchev–Trinajstić information content (AvgIpc) is 2.93. The van der Waals surface area contributed by atoms with E-state index in [-0.39, 0.29) is 13.2 Å². The van der Waals surface area contributed by atoms with E-state index in [1.165, 1.54) is 0 Å². The highest BCUT2D eigenvalue weighted by atomic mass is 16.5. The number of benzene rings is 1. The first-order valence-corrected chi connectivity index (χ1v) is 5.84. The predicted octanol–water partition coefficient (Wildman–Crippen LogP) is 1.66. The largest absolute Gasteiger partial charge is 0.485 e. The third-order valence-electron chi connectivity index (χ3n) is 2.63. The zero-order valence-electron chi connectivity index (χ0n) is 10.1. The van der Waals surface area contributed by atoms with E-state index in [1.54, 1.807) is 6.20 Å². The molecule has 6 heteroatoms. The van der Waals surface area contributed by atoms with Crippen LogP contribution in [0.5, 0.6) is 5.75 Å². The van der Waals surface area contributed by atoms with Crippen LogP contribution in [0.2, 0.25) is 0 Å². The van der Waals surface area contributed by atoms with Crippen LogP contribution >= 0.6 is 0 Å². The molecule has 0 atom stereocenters. The fraction of sp³-hybridized carbons (Fsp3) is 0.154. The van der Waals surface area contributed by atoms with Crippen LogP contribution in [0.4, 0.5) is 0 Å².